The van der Waals surface area contributed by atoms with E-state index in [1.54, 1.807) is 7.11 Å². The summed E-state index contributed by atoms with van der Waals surface area (Å²) < 4.78 is 10.9. The Morgan fingerprint density at radius 1 is 1.19 bits per heavy atom. The molecule has 5 heteroatoms. The van der Waals surface area contributed by atoms with E-state index in [-0.39, 0.29) is 0 Å². The minimum Gasteiger partial charge on any atom is -0.493 e. The molecule has 5 nitrogen and oxygen atoms in total. The Labute approximate surface area is 127 Å². The van der Waals surface area contributed by atoms with Crippen LogP contribution in [0.4, 0.5) is 5.69 Å². The molecule has 0 amide bonds. The first kappa shape index (κ1) is 17.1. The van der Waals surface area contributed by atoms with Gasteiger partial charge in [0.05, 0.1) is 13.7 Å². The number of aliphatic imine (C=N–C) groups is 1. The number of hydrogen-bond donors (Lipinski definition) is 2. The van der Waals surface area contributed by atoms with Crippen molar-refractivity contribution < 1.29 is 9.47 Å². The van der Waals surface area contributed by atoms with E-state index < -0.39 is 0 Å². The monoisotopic (exact) mass is 293 g/mol. The van der Waals surface area contributed by atoms with E-state index in [2.05, 4.69) is 29.5 Å². The molecule has 0 unspecified atom stereocenters. The zero-order valence-corrected chi connectivity index (χ0v) is 13.5. The van der Waals surface area contributed by atoms with Crippen molar-refractivity contribution in [3.05, 3.63) is 18.2 Å². The molecule has 0 aliphatic heterocycles. The Morgan fingerprint density at radius 2 is 2.00 bits per heavy atom. The van der Waals surface area contributed by atoms with Gasteiger partial charge in [-0.25, -0.2) is 0 Å². The maximum absolute atomic E-state index is 5.58. The van der Waals surface area contributed by atoms with Gasteiger partial charge in [-0.1, -0.05) is 13.3 Å². The summed E-state index contributed by atoms with van der Waals surface area (Å²) in [6, 6.07) is 5.77. The summed E-state index contributed by atoms with van der Waals surface area (Å²) in [5, 5.41) is 6.53. The largest absolute Gasteiger partial charge is 0.493 e. The summed E-state index contributed by atoms with van der Waals surface area (Å²) in [5.41, 5.74) is 0.926. The van der Waals surface area contributed by atoms with Crippen molar-refractivity contribution in [3.8, 4) is 11.5 Å². The maximum atomic E-state index is 5.58. The van der Waals surface area contributed by atoms with Gasteiger partial charge < -0.3 is 20.1 Å². The molecule has 21 heavy (non-hydrogen) atoms. The molecule has 0 saturated heterocycles. The highest BCUT2D eigenvalue weighted by molar-refractivity contribution is 5.93. The number of nitrogens with one attached hydrogen (secondary N) is 2. The molecule has 0 aliphatic carbocycles. The molecule has 2 N–H and O–H groups in total. The van der Waals surface area contributed by atoms with E-state index in [4.69, 9.17) is 9.47 Å². The summed E-state index contributed by atoms with van der Waals surface area (Å²) in [6.07, 6.45) is 2.23. The smallest absolute Gasteiger partial charge is 0.195 e. The number of rotatable bonds is 8. The van der Waals surface area contributed by atoms with Crippen LogP contribution in [0.3, 0.4) is 0 Å². The molecular formula is C16H27N3O2. The van der Waals surface area contributed by atoms with Crippen molar-refractivity contribution in [2.24, 2.45) is 4.99 Å². The first-order valence-corrected chi connectivity index (χ1v) is 7.61. The maximum Gasteiger partial charge on any atom is 0.195 e. The number of unbranched alkanes of at least 4 members (excludes halogenated alkanes) is 1. The van der Waals surface area contributed by atoms with Crippen LogP contribution in [0.5, 0.6) is 11.5 Å². The predicted octanol–water partition coefficient (Wildman–Crippen LogP) is 3.27. The lowest BCUT2D eigenvalue weighted by atomic mass is 10.2. The molecule has 0 spiro atoms. The summed E-state index contributed by atoms with van der Waals surface area (Å²) in [5.74, 6) is 2.25. The minimum absolute atomic E-state index is 0.602. The molecule has 1 aromatic rings. The van der Waals surface area contributed by atoms with Crippen LogP contribution in [0.1, 0.15) is 33.6 Å². The third kappa shape index (κ3) is 5.94. The molecule has 1 rings (SSSR count). The fourth-order valence-corrected chi connectivity index (χ4v) is 1.82. The molecule has 0 atom stereocenters. The van der Waals surface area contributed by atoms with Gasteiger partial charge in [0.15, 0.2) is 17.5 Å². The summed E-state index contributed by atoms with van der Waals surface area (Å²) in [7, 11) is 1.64. The van der Waals surface area contributed by atoms with Gasteiger partial charge >= 0.3 is 0 Å². The highest BCUT2D eigenvalue weighted by Gasteiger charge is 2.06. The van der Waals surface area contributed by atoms with Crippen LogP contribution in [0.2, 0.25) is 0 Å². The minimum atomic E-state index is 0.602. The number of hydrogen-bond acceptors (Lipinski definition) is 3. The van der Waals surface area contributed by atoms with Crippen molar-refractivity contribution in [1.29, 1.82) is 0 Å². The zero-order chi connectivity index (χ0) is 15.5. The highest BCUT2D eigenvalue weighted by atomic mass is 16.5. The van der Waals surface area contributed by atoms with Crippen molar-refractivity contribution >= 4 is 11.6 Å². The van der Waals surface area contributed by atoms with Crippen LogP contribution in [0.25, 0.3) is 0 Å². The van der Waals surface area contributed by atoms with Gasteiger partial charge in [0.25, 0.3) is 0 Å². The number of guanidine groups is 1. The predicted molar refractivity (Wildman–Crippen MR) is 88.7 cm³/mol. The molecule has 0 saturated carbocycles. The van der Waals surface area contributed by atoms with Gasteiger partial charge in [-0.2, -0.15) is 0 Å². The fourth-order valence-electron chi connectivity index (χ4n) is 1.82. The Kier molecular flexibility index (Phi) is 8.09. The van der Waals surface area contributed by atoms with Crippen LogP contribution in [-0.4, -0.2) is 32.8 Å². The number of methoxy groups -OCH3 is 1. The van der Waals surface area contributed by atoms with E-state index in [1.807, 2.05) is 25.1 Å². The van der Waals surface area contributed by atoms with E-state index >= 15 is 0 Å². The second-order valence-corrected chi connectivity index (χ2v) is 4.54. The normalized spacial score (nSPS) is 11.1. The Bertz CT molecular complexity index is 447. The fraction of sp³-hybridized carbons (Fsp3) is 0.562. The van der Waals surface area contributed by atoms with Crippen molar-refractivity contribution in [3.63, 3.8) is 0 Å². The van der Waals surface area contributed by atoms with E-state index in [0.717, 1.165) is 49.1 Å². The third-order valence-electron chi connectivity index (χ3n) is 2.85. The van der Waals surface area contributed by atoms with Crippen LogP contribution >= 0.6 is 0 Å². The molecule has 118 valence electrons. The number of anilines is 1. The second-order valence-electron chi connectivity index (χ2n) is 4.54. The van der Waals surface area contributed by atoms with Crippen LogP contribution in [0, 0.1) is 0 Å². The van der Waals surface area contributed by atoms with Gasteiger partial charge in [0, 0.05) is 24.8 Å². The summed E-state index contributed by atoms with van der Waals surface area (Å²) in [6.45, 7) is 8.41. The highest BCUT2D eigenvalue weighted by Crippen LogP contribution is 2.30. The first-order valence-electron chi connectivity index (χ1n) is 7.61. The lowest BCUT2D eigenvalue weighted by molar-refractivity contribution is 0.311. The number of benzene rings is 1. The van der Waals surface area contributed by atoms with Crippen LogP contribution < -0.4 is 20.1 Å². The third-order valence-corrected chi connectivity index (χ3v) is 2.85. The van der Waals surface area contributed by atoms with Gasteiger partial charge in [-0.05, 0) is 32.4 Å². The lowest BCUT2D eigenvalue weighted by Gasteiger charge is -2.14. The van der Waals surface area contributed by atoms with E-state index in [0.29, 0.717) is 6.61 Å². The Morgan fingerprint density at radius 3 is 2.62 bits per heavy atom. The Hall–Kier alpha value is -1.91. The molecule has 0 aliphatic rings. The van der Waals surface area contributed by atoms with Crippen LogP contribution in [0.15, 0.2) is 23.2 Å². The average molecular weight is 293 g/mol. The Balaban J connectivity index is 2.82. The zero-order valence-electron chi connectivity index (χ0n) is 13.5. The molecule has 0 bridgehead atoms. The quantitative estimate of drug-likeness (QED) is 0.439. The molecule has 0 radical (unpaired) electrons. The second kappa shape index (κ2) is 9.91. The molecule has 0 fully saturated rings. The summed E-state index contributed by atoms with van der Waals surface area (Å²) in [4.78, 5) is 4.54. The van der Waals surface area contributed by atoms with Gasteiger partial charge in [-0.15, -0.1) is 0 Å². The summed E-state index contributed by atoms with van der Waals surface area (Å²) >= 11 is 0. The topological polar surface area (TPSA) is 54.9 Å². The number of ether oxygens (including phenoxy) is 2. The van der Waals surface area contributed by atoms with Crippen molar-refractivity contribution in [2.45, 2.75) is 33.6 Å². The molecular weight excluding hydrogens is 266 g/mol. The first-order chi connectivity index (χ1) is 10.2. The number of nitrogens with zero attached hydrogens (tertiary/aromatic N) is 1. The lowest BCUT2D eigenvalue weighted by Crippen LogP contribution is -2.30. The van der Waals surface area contributed by atoms with E-state index in [1.165, 1.54) is 0 Å². The standard InChI is InChI=1S/C16H27N3O2/c1-5-8-11-18-16(17-6-2)19-13-9-10-14(20-4)15(12-13)21-7-3/h9-10,12H,5-8,11H2,1-4H3,(H2,17,18,19). The SMILES string of the molecule is CCCCN=C(NCC)Nc1ccc(OC)c(OCC)c1. The van der Waals surface area contributed by atoms with E-state index in [9.17, 15) is 0 Å². The van der Waals surface area contributed by atoms with Crippen LogP contribution in [-0.2, 0) is 0 Å². The van der Waals surface area contributed by atoms with Gasteiger partial charge in [0.2, 0.25) is 0 Å². The van der Waals surface area contributed by atoms with Crippen molar-refractivity contribution in [1.82, 2.24) is 5.32 Å². The van der Waals surface area contributed by atoms with Gasteiger partial charge in [-0.3, -0.25) is 4.99 Å². The van der Waals surface area contributed by atoms with Crippen molar-refractivity contribution in [2.75, 3.05) is 32.1 Å². The average Bonchev–Trinajstić information content (AvgIpc) is 2.48. The molecule has 0 aromatic heterocycles. The molecule has 0 heterocycles. The molecule has 1 aromatic carbocycles. The van der Waals surface area contributed by atoms with Gasteiger partial charge in [0.1, 0.15) is 0 Å².